The molecule has 1 saturated heterocycles. The van der Waals surface area contributed by atoms with Gasteiger partial charge >= 0.3 is 6.03 Å². The topological polar surface area (TPSA) is 79.4 Å². The molecule has 2 amide bonds. The van der Waals surface area contributed by atoms with E-state index in [4.69, 9.17) is 4.74 Å². The molecule has 0 bridgehead atoms. The number of rotatable bonds is 4. The maximum Gasteiger partial charge on any atom is 0.320 e. The largest absolute Gasteiger partial charge is 0.375 e. The fourth-order valence-electron chi connectivity index (χ4n) is 2.51. The van der Waals surface area contributed by atoms with E-state index in [9.17, 15) is 4.79 Å². The van der Waals surface area contributed by atoms with Crippen molar-refractivity contribution in [1.82, 2.24) is 15.3 Å². The summed E-state index contributed by atoms with van der Waals surface area (Å²) in [6.07, 6.45) is 3.64. The van der Waals surface area contributed by atoms with Crippen LogP contribution < -0.4 is 15.5 Å². The summed E-state index contributed by atoms with van der Waals surface area (Å²) in [5, 5.41) is 5.47. The molecule has 3 heterocycles. The van der Waals surface area contributed by atoms with Crippen molar-refractivity contribution in [2.75, 3.05) is 29.9 Å². The van der Waals surface area contributed by atoms with Crippen molar-refractivity contribution < 1.29 is 9.53 Å². The maximum atomic E-state index is 11.8. The Hall–Kier alpha value is -2.67. The number of hydrogen-bond donors (Lipinski definition) is 2. The van der Waals surface area contributed by atoms with Crippen LogP contribution in [0.2, 0.25) is 0 Å². The Labute approximate surface area is 141 Å². The molecular weight excluding hydrogens is 306 g/mol. The van der Waals surface area contributed by atoms with E-state index in [1.807, 2.05) is 18.2 Å². The standard InChI is InChI=1S/C17H21N5O2/c1-13-12-22(8-9-24-13)16-6-5-14(10-19-16)11-20-17(23)21-15-4-2-3-7-18-15/h2-7,10,13H,8-9,11-12H2,1H3,(H2,18,20,21,23)/t13-/m0/s1. The lowest BCUT2D eigenvalue weighted by atomic mass is 10.2. The minimum atomic E-state index is -0.292. The highest BCUT2D eigenvalue weighted by Crippen LogP contribution is 2.15. The maximum absolute atomic E-state index is 11.8. The van der Waals surface area contributed by atoms with Crippen LogP contribution in [-0.4, -0.2) is 41.8 Å². The Morgan fingerprint density at radius 1 is 1.33 bits per heavy atom. The molecule has 2 N–H and O–H groups in total. The van der Waals surface area contributed by atoms with Gasteiger partial charge in [-0.25, -0.2) is 14.8 Å². The first-order valence-electron chi connectivity index (χ1n) is 7.98. The summed E-state index contributed by atoms with van der Waals surface area (Å²) in [4.78, 5) is 22.6. The van der Waals surface area contributed by atoms with Gasteiger partial charge in [0.2, 0.25) is 0 Å². The van der Waals surface area contributed by atoms with E-state index in [0.29, 0.717) is 12.4 Å². The zero-order valence-corrected chi connectivity index (χ0v) is 13.6. The number of amides is 2. The highest BCUT2D eigenvalue weighted by molar-refractivity contribution is 5.88. The van der Waals surface area contributed by atoms with Crippen LogP contribution in [0.25, 0.3) is 0 Å². The van der Waals surface area contributed by atoms with Crippen LogP contribution >= 0.6 is 0 Å². The molecule has 0 saturated carbocycles. The van der Waals surface area contributed by atoms with E-state index >= 15 is 0 Å². The first-order chi connectivity index (χ1) is 11.7. The number of aromatic nitrogens is 2. The summed E-state index contributed by atoms with van der Waals surface area (Å²) < 4.78 is 5.54. The molecule has 126 valence electrons. The molecule has 3 rings (SSSR count). The molecule has 1 fully saturated rings. The minimum Gasteiger partial charge on any atom is -0.375 e. The average molecular weight is 327 g/mol. The zero-order valence-electron chi connectivity index (χ0n) is 13.6. The van der Waals surface area contributed by atoms with E-state index in [1.165, 1.54) is 0 Å². The second-order valence-corrected chi connectivity index (χ2v) is 5.67. The third kappa shape index (κ3) is 4.42. The Morgan fingerprint density at radius 3 is 2.96 bits per heavy atom. The summed E-state index contributed by atoms with van der Waals surface area (Å²) >= 11 is 0. The van der Waals surface area contributed by atoms with Gasteiger partial charge in [0.15, 0.2) is 0 Å². The zero-order chi connectivity index (χ0) is 16.8. The molecule has 1 aliphatic rings. The van der Waals surface area contributed by atoms with Crippen molar-refractivity contribution in [3.05, 3.63) is 48.3 Å². The van der Waals surface area contributed by atoms with Gasteiger partial charge in [0, 0.05) is 32.0 Å². The SMILES string of the molecule is C[C@H]1CN(c2ccc(CNC(=O)Nc3ccccn3)cn2)CCO1. The number of urea groups is 1. The van der Waals surface area contributed by atoms with E-state index in [-0.39, 0.29) is 12.1 Å². The van der Waals surface area contributed by atoms with Crippen molar-refractivity contribution in [3.8, 4) is 0 Å². The predicted molar refractivity (Wildman–Crippen MR) is 92.0 cm³/mol. The summed E-state index contributed by atoms with van der Waals surface area (Å²) in [5.74, 6) is 1.46. The van der Waals surface area contributed by atoms with Crippen molar-refractivity contribution in [3.63, 3.8) is 0 Å². The highest BCUT2D eigenvalue weighted by atomic mass is 16.5. The van der Waals surface area contributed by atoms with Crippen LogP contribution in [0, 0.1) is 0 Å². The number of carbonyl (C=O) groups excluding carboxylic acids is 1. The molecule has 7 heteroatoms. The van der Waals surface area contributed by atoms with Crippen LogP contribution in [0.1, 0.15) is 12.5 Å². The molecule has 24 heavy (non-hydrogen) atoms. The van der Waals surface area contributed by atoms with Crippen LogP contribution in [0.15, 0.2) is 42.7 Å². The predicted octanol–water partition coefficient (Wildman–Crippen LogP) is 2.02. The van der Waals surface area contributed by atoms with E-state index in [0.717, 1.165) is 31.1 Å². The number of nitrogens with zero attached hydrogens (tertiary/aromatic N) is 3. The van der Waals surface area contributed by atoms with Gasteiger partial charge < -0.3 is 15.0 Å². The summed E-state index contributed by atoms with van der Waals surface area (Å²) in [6.45, 7) is 4.88. The van der Waals surface area contributed by atoms with Gasteiger partial charge in [-0.1, -0.05) is 12.1 Å². The molecule has 0 spiro atoms. The Morgan fingerprint density at radius 2 is 2.25 bits per heavy atom. The van der Waals surface area contributed by atoms with Crippen LogP contribution in [0.3, 0.4) is 0 Å². The van der Waals surface area contributed by atoms with Crippen molar-refractivity contribution in [1.29, 1.82) is 0 Å². The molecule has 2 aromatic heterocycles. The molecule has 1 atom stereocenters. The lowest BCUT2D eigenvalue weighted by molar-refractivity contribution is 0.0529. The summed E-state index contributed by atoms with van der Waals surface area (Å²) in [5.41, 5.74) is 0.941. The first-order valence-corrected chi connectivity index (χ1v) is 7.98. The fraction of sp³-hybridized carbons (Fsp3) is 0.353. The molecule has 0 unspecified atom stereocenters. The normalized spacial score (nSPS) is 17.4. The molecule has 0 aromatic carbocycles. The number of anilines is 2. The number of nitrogens with one attached hydrogen (secondary N) is 2. The van der Waals surface area contributed by atoms with E-state index in [2.05, 4.69) is 32.4 Å². The third-order valence-electron chi connectivity index (χ3n) is 3.73. The van der Waals surface area contributed by atoms with Crippen molar-refractivity contribution in [2.45, 2.75) is 19.6 Å². The third-order valence-corrected chi connectivity index (χ3v) is 3.73. The molecule has 1 aliphatic heterocycles. The van der Waals surface area contributed by atoms with Gasteiger partial charge in [-0.2, -0.15) is 0 Å². The van der Waals surface area contributed by atoms with Gasteiger partial charge in [0.05, 0.1) is 12.7 Å². The van der Waals surface area contributed by atoms with E-state index in [1.54, 1.807) is 24.5 Å². The monoisotopic (exact) mass is 327 g/mol. The number of hydrogen-bond acceptors (Lipinski definition) is 5. The van der Waals surface area contributed by atoms with Gasteiger partial charge in [-0.3, -0.25) is 5.32 Å². The second-order valence-electron chi connectivity index (χ2n) is 5.67. The lowest BCUT2D eigenvalue weighted by Crippen LogP contribution is -2.41. The number of ether oxygens (including phenoxy) is 1. The van der Waals surface area contributed by atoms with Crippen LogP contribution in [0.4, 0.5) is 16.4 Å². The number of carbonyl (C=O) groups is 1. The van der Waals surface area contributed by atoms with Crippen molar-refractivity contribution >= 4 is 17.7 Å². The molecule has 0 aliphatic carbocycles. The Kier molecular flexibility index (Phi) is 5.22. The van der Waals surface area contributed by atoms with Gasteiger partial charge in [-0.15, -0.1) is 0 Å². The number of pyridine rings is 2. The molecular formula is C17H21N5O2. The molecule has 7 nitrogen and oxygen atoms in total. The summed E-state index contributed by atoms with van der Waals surface area (Å²) in [7, 11) is 0. The van der Waals surface area contributed by atoms with Gasteiger partial charge in [0.1, 0.15) is 11.6 Å². The minimum absolute atomic E-state index is 0.220. The average Bonchev–Trinajstić information content (AvgIpc) is 2.61. The smallest absolute Gasteiger partial charge is 0.320 e. The van der Waals surface area contributed by atoms with Crippen molar-refractivity contribution in [2.24, 2.45) is 0 Å². The Balaban J connectivity index is 1.50. The molecule has 0 radical (unpaired) electrons. The van der Waals surface area contributed by atoms with Crippen LogP contribution in [-0.2, 0) is 11.3 Å². The fourth-order valence-corrected chi connectivity index (χ4v) is 2.51. The van der Waals surface area contributed by atoms with Gasteiger partial charge in [-0.05, 0) is 30.7 Å². The highest BCUT2D eigenvalue weighted by Gasteiger charge is 2.17. The summed E-state index contributed by atoms with van der Waals surface area (Å²) in [6, 6.07) is 9.01. The first kappa shape index (κ1) is 16.2. The van der Waals surface area contributed by atoms with Crippen LogP contribution in [0.5, 0.6) is 0 Å². The lowest BCUT2D eigenvalue weighted by Gasteiger charge is -2.32. The van der Waals surface area contributed by atoms with Gasteiger partial charge in [0.25, 0.3) is 0 Å². The molecule has 2 aromatic rings. The second kappa shape index (κ2) is 7.74. The Bertz CT molecular complexity index is 662. The quantitative estimate of drug-likeness (QED) is 0.898. The number of morpholine rings is 1. The van der Waals surface area contributed by atoms with E-state index < -0.39 is 0 Å².